The van der Waals surface area contributed by atoms with Gasteiger partial charge in [0.1, 0.15) is 12.4 Å². The number of benzene rings is 1. The molecule has 27 heavy (non-hydrogen) atoms. The van der Waals surface area contributed by atoms with E-state index in [0.29, 0.717) is 18.8 Å². The second-order valence-electron chi connectivity index (χ2n) is 6.91. The van der Waals surface area contributed by atoms with Crippen molar-refractivity contribution < 1.29 is 14.6 Å². The molecule has 1 aliphatic heterocycles. The molecule has 2 aromatic rings. The summed E-state index contributed by atoms with van der Waals surface area (Å²) in [6, 6.07) is 11.6. The molecule has 1 aromatic heterocycles. The zero-order valence-corrected chi connectivity index (χ0v) is 15.8. The van der Waals surface area contributed by atoms with Crippen molar-refractivity contribution >= 4 is 5.91 Å². The van der Waals surface area contributed by atoms with Crippen LogP contribution in [0.2, 0.25) is 0 Å². The fourth-order valence-corrected chi connectivity index (χ4v) is 3.27. The lowest BCUT2D eigenvalue weighted by Crippen LogP contribution is -2.43. The van der Waals surface area contributed by atoms with Gasteiger partial charge in [-0.05, 0) is 36.6 Å². The number of carbonyl (C=O) groups is 1. The maximum atomic E-state index is 12.6. The minimum Gasteiger partial charge on any atom is -0.490 e. The lowest BCUT2D eigenvalue weighted by Gasteiger charge is -2.24. The number of ether oxygens (including phenoxy) is 1. The van der Waals surface area contributed by atoms with Crippen molar-refractivity contribution in [2.45, 2.75) is 26.0 Å². The molecule has 0 saturated carbocycles. The number of para-hydroxylation sites is 1. The van der Waals surface area contributed by atoms with Crippen LogP contribution in [0, 0.1) is 6.92 Å². The van der Waals surface area contributed by atoms with Gasteiger partial charge in [0.25, 0.3) is 5.91 Å². The number of aryl methyl sites for hydroxylation is 1. The number of aliphatic hydroxyl groups is 1. The van der Waals surface area contributed by atoms with E-state index in [-0.39, 0.29) is 12.5 Å². The molecule has 0 radical (unpaired) electrons. The van der Waals surface area contributed by atoms with Crippen LogP contribution in [0.25, 0.3) is 0 Å². The number of aliphatic hydroxyl groups excluding tert-OH is 1. The summed E-state index contributed by atoms with van der Waals surface area (Å²) in [7, 11) is 0. The molecule has 0 aliphatic carbocycles. The zero-order chi connectivity index (χ0) is 19.1. The minimum atomic E-state index is -1.14. The summed E-state index contributed by atoms with van der Waals surface area (Å²) >= 11 is 0. The van der Waals surface area contributed by atoms with Crippen molar-refractivity contribution in [2.24, 2.45) is 0 Å². The summed E-state index contributed by atoms with van der Waals surface area (Å²) < 4.78 is 5.63. The Labute approximate surface area is 160 Å². The molecule has 0 spiro atoms. The van der Waals surface area contributed by atoms with Gasteiger partial charge in [-0.3, -0.25) is 14.7 Å². The molecule has 1 unspecified atom stereocenters. The van der Waals surface area contributed by atoms with Gasteiger partial charge in [0.05, 0.1) is 0 Å². The number of carbonyl (C=O) groups excluding carboxylic acids is 1. The van der Waals surface area contributed by atoms with Gasteiger partial charge in [-0.15, -0.1) is 0 Å². The Morgan fingerprint density at radius 1 is 1.19 bits per heavy atom. The zero-order valence-electron chi connectivity index (χ0n) is 15.8. The fraction of sp³-hybridized carbons (Fsp3) is 0.429. The molecule has 2 heterocycles. The molecule has 144 valence electrons. The van der Waals surface area contributed by atoms with Crippen molar-refractivity contribution in [2.75, 3.05) is 32.8 Å². The standard InChI is InChI=1S/C21H27N3O3/c1-17-6-2-3-8-20(17)27-16-19(25)21(26)24-11-5-10-23(12-13-24)15-18-7-4-9-22-14-18/h2-4,6-9,14,19,25H,5,10-13,15-16H2,1H3. The molecule has 1 atom stereocenters. The van der Waals surface area contributed by atoms with Crippen LogP contribution in [0.1, 0.15) is 17.5 Å². The first-order valence-corrected chi connectivity index (χ1v) is 9.40. The smallest absolute Gasteiger partial charge is 0.255 e. The molecule has 3 rings (SSSR count). The van der Waals surface area contributed by atoms with Crippen LogP contribution in [0.5, 0.6) is 5.75 Å². The summed E-state index contributed by atoms with van der Waals surface area (Å²) in [4.78, 5) is 20.8. The Balaban J connectivity index is 1.49. The first-order chi connectivity index (χ1) is 13.1. The number of rotatable bonds is 6. The predicted molar refractivity (Wildman–Crippen MR) is 103 cm³/mol. The highest BCUT2D eigenvalue weighted by Gasteiger charge is 2.25. The van der Waals surface area contributed by atoms with Crippen molar-refractivity contribution in [1.82, 2.24) is 14.8 Å². The average molecular weight is 369 g/mol. The van der Waals surface area contributed by atoms with E-state index in [0.717, 1.165) is 31.6 Å². The lowest BCUT2D eigenvalue weighted by molar-refractivity contribution is -0.141. The molecule has 6 heteroatoms. The maximum Gasteiger partial charge on any atom is 0.255 e. The summed E-state index contributed by atoms with van der Waals surface area (Å²) in [6.45, 7) is 5.72. The van der Waals surface area contributed by atoms with Crippen LogP contribution < -0.4 is 4.74 Å². The molecular weight excluding hydrogens is 342 g/mol. The van der Waals surface area contributed by atoms with E-state index >= 15 is 0 Å². The van der Waals surface area contributed by atoms with Crippen LogP contribution >= 0.6 is 0 Å². The highest BCUT2D eigenvalue weighted by atomic mass is 16.5. The van der Waals surface area contributed by atoms with Gasteiger partial charge in [-0.1, -0.05) is 24.3 Å². The second kappa shape index (κ2) is 9.48. The van der Waals surface area contributed by atoms with Gasteiger partial charge in [-0.2, -0.15) is 0 Å². The summed E-state index contributed by atoms with van der Waals surface area (Å²) in [6.07, 6.45) is 3.39. The number of aromatic nitrogens is 1. The minimum absolute atomic E-state index is 0.0282. The molecule has 1 amide bonds. The molecule has 0 bridgehead atoms. The van der Waals surface area contributed by atoms with E-state index in [4.69, 9.17) is 4.74 Å². The summed E-state index contributed by atoms with van der Waals surface area (Å²) in [5.41, 5.74) is 2.15. The third-order valence-corrected chi connectivity index (χ3v) is 4.80. The van der Waals surface area contributed by atoms with Gasteiger partial charge < -0.3 is 14.7 Å². The van der Waals surface area contributed by atoms with Gasteiger partial charge >= 0.3 is 0 Å². The predicted octanol–water partition coefficient (Wildman–Crippen LogP) is 1.86. The summed E-state index contributed by atoms with van der Waals surface area (Å²) in [5, 5.41) is 10.3. The topological polar surface area (TPSA) is 65.9 Å². The number of nitrogens with zero attached hydrogens (tertiary/aromatic N) is 3. The van der Waals surface area contributed by atoms with Crippen LogP contribution in [0.3, 0.4) is 0 Å². The van der Waals surface area contributed by atoms with Crippen molar-refractivity contribution in [1.29, 1.82) is 0 Å². The van der Waals surface area contributed by atoms with Crippen molar-refractivity contribution in [3.8, 4) is 5.75 Å². The van der Waals surface area contributed by atoms with Gasteiger partial charge in [0.2, 0.25) is 0 Å². The van der Waals surface area contributed by atoms with E-state index < -0.39 is 6.10 Å². The van der Waals surface area contributed by atoms with E-state index in [1.165, 1.54) is 5.56 Å². The quantitative estimate of drug-likeness (QED) is 0.842. The monoisotopic (exact) mass is 369 g/mol. The van der Waals surface area contributed by atoms with Gasteiger partial charge in [0, 0.05) is 45.1 Å². The maximum absolute atomic E-state index is 12.6. The van der Waals surface area contributed by atoms with Crippen molar-refractivity contribution in [3.63, 3.8) is 0 Å². The molecule has 1 aromatic carbocycles. The number of hydrogen-bond donors (Lipinski definition) is 1. The fourth-order valence-electron chi connectivity index (χ4n) is 3.27. The summed E-state index contributed by atoms with van der Waals surface area (Å²) in [5.74, 6) is 0.440. The number of hydrogen-bond acceptors (Lipinski definition) is 5. The normalized spacial score (nSPS) is 16.6. The first kappa shape index (κ1) is 19.3. The second-order valence-corrected chi connectivity index (χ2v) is 6.91. The highest BCUT2D eigenvalue weighted by molar-refractivity contribution is 5.80. The van der Waals surface area contributed by atoms with Crippen LogP contribution in [-0.4, -0.2) is 64.7 Å². The Morgan fingerprint density at radius 3 is 2.81 bits per heavy atom. The SMILES string of the molecule is Cc1ccccc1OCC(O)C(=O)N1CCCN(Cc2cccnc2)CC1. The van der Waals surface area contributed by atoms with E-state index in [2.05, 4.69) is 16.0 Å². The lowest BCUT2D eigenvalue weighted by atomic mass is 10.2. The van der Waals surface area contributed by atoms with Crippen LogP contribution in [-0.2, 0) is 11.3 Å². The number of pyridine rings is 1. The molecule has 6 nitrogen and oxygen atoms in total. The van der Waals surface area contributed by atoms with Gasteiger partial charge in [0.15, 0.2) is 6.10 Å². The van der Waals surface area contributed by atoms with E-state index in [1.54, 1.807) is 11.1 Å². The Hall–Kier alpha value is -2.44. The van der Waals surface area contributed by atoms with Crippen LogP contribution in [0.15, 0.2) is 48.8 Å². The highest BCUT2D eigenvalue weighted by Crippen LogP contribution is 2.17. The first-order valence-electron chi connectivity index (χ1n) is 9.40. The third kappa shape index (κ3) is 5.52. The Morgan fingerprint density at radius 2 is 2.04 bits per heavy atom. The molecule has 1 aliphatic rings. The van der Waals surface area contributed by atoms with E-state index in [1.807, 2.05) is 43.5 Å². The molecule has 1 N–H and O–H groups in total. The molecular formula is C21H27N3O3. The van der Waals surface area contributed by atoms with Gasteiger partial charge in [-0.25, -0.2) is 0 Å². The molecule has 1 fully saturated rings. The van der Waals surface area contributed by atoms with Crippen molar-refractivity contribution in [3.05, 3.63) is 59.9 Å². The number of amides is 1. The average Bonchev–Trinajstić information content (AvgIpc) is 2.93. The Bertz CT molecular complexity index is 738. The van der Waals surface area contributed by atoms with Crippen LogP contribution in [0.4, 0.5) is 0 Å². The molecule has 1 saturated heterocycles. The Kier molecular flexibility index (Phi) is 6.79. The van der Waals surface area contributed by atoms with E-state index in [9.17, 15) is 9.90 Å². The third-order valence-electron chi connectivity index (χ3n) is 4.80. The largest absolute Gasteiger partial charge is 0.490 e.